The minimum atomic E-state index is -0.409. The van der Waals surface area contributed by atoms with Gasteiger partial charge in [0.2, 0.25) is 0 Å². The van der Waals surface area contributed by atoms with E-state index in [1.807, 2.05) is 0 Å². The summed E-state index contributed by atoms with van der Waals surface area (Å²) in [7, 11) is 1.44. The lowest BCUT2D eigenvalue weighted by Crippen LogP contribution is -2.03. The minimum Gasteiger partial charge on any atom is -0.351 e. The lowest BCUT2D eigenvalue weighted by Gasteiger charge is -2.11. The Balaban J connectivity index is 2.38. The maximum atomic E-state index is 13.9. The Morgan fingerprint density at radius 1 is 1.32 bits per heavy atom. The Bertz CT molecular complexity index is 715. The summed E-state index contributed by atoms with van der Waals surface area (Å²) in [6, 6.07) is 4.77. The van der Waals surface area contributed by atoms with Crippen LogP contribution in [0.3, 0.4) is 0 Å². The molecule has 5 nitrogen and oxygen atoms in total. The number of hydroxylamine groups is 2. The topological polar surface area (TPSA) is 65.5 Å². The Kier molecular flexibility index (Phi) is 4.85. The summed E-state index contributed by atoms with van der Waals surface area (Å²) in [6.07, 6.45) is 6.50. The summed E-state index contributed by atoms with van der Waals surface area (Å²) < 4.78 is 13.9. The van der Waals surface area contributed by atoms with Crippen molar-refractivity contribution in [3.8, 4) is 0 Å². The standard InChI is InChI=1S/C16H16FN3O2/c1-11-3-4-15(14(17)7-11)19-16-9-18-8-12(13(16)10-21)5-6-20(2)22/h3-10,19,22H,1-2H3/b6-5-. The van der Waals surface area contributed by atoms with Gasteiger partial charge in [0, 0.05) is 30.6 Å². The lowest BCUT2D eigenvalue weighted by atomic mass is 10.1. The van der Waals surface area contributed by atoms with Gasteiger partial charge in [-0.2, -0.15) is 0 Å². The van der Waals surface area contributed by atoms with E-state index in [-0.39, 0.29) is 5.69 Å². The van der Waals surface area contributed by atoms with Gasteiger partial charge in [-0.3, -0.25) is 20.0 Å². The number of benzene rings is 1. The van der Waals surface area contributed by atoms with Crippen molar-refractivity contribution in [2.45, 2.75) is 6.92 Å². The first-order chi connectivity index (χ1) is 10.5. The van der Waals surface area contributed by atoms with Crippen molar-refractivity contribution in [2.75, 3.05) is 12.4 Å². The third-order valence-corrected chi connectivity index (χ3v) is 3.00. The molecular formula is C16H16FN3O2. The van der Waals surface area contributed by atoms with Gasteiger partial charge in [-0.05, 0) is 30.7 Å². The molecule has 0 amide bonds. The molecule has 6 heteroatoms. The maximum Gasteiger partial charge on any atom is 0.152 e. The average Bonchev–Trinajstić information content (AvgIpc) is 2.48. The highest BCUT2D eigenvalue weighted by atomic mass is 19.1. The van der Waals surface area contributed by atoms with Crippen LogP contribution in [0.1, 0.15) is 21.5 Å². The fourth-order valence-electron chi connectivity index (χ4n) is 1.91. The van der Waals surface area contributed by atoms with E-state index in [2.05, 4.69) is 10.3 Å². The zero-order chi connectivity index (χ0) is 16.1. The average molecular weight is 301 g/mol. The summed E-state index contributed by atoms with van der Waals surface area (Å²) in [5.41, 5.74) is 2.29. The zero-order valence-corrected chi connectivity index (χ0v) is 12.2. The summed E-state index contributed by atoms with van der Waals surface area (Å²) in [5.74, 6) is -0.409. The molecule has 0 aliphatic rings. The lowest BCUT2D eigenvalue weighted by molar-refractivity contribution is -0.0118. The van der Waals surface area contributed by atoms with Crippen LogP contribution in [0.5, 0.6) is 0 Å². The van der Waals surface area contributed by atoms with Crippen LogP contribution in [-0.2, 0) is 0 Å². The number of carbonyl (C=O) groups excluding carboxylic acids is 1. The van der Waals surface area contributed by atoms with Crippen LogP contribution in [0.2, 0.25) is 0 Å². The van der Waals surface area contributed by atoms with Crippen molar-refractivity contribution in [2.24, 2.45) is 0 Å². The van der Waals surface area contributed by atoms with E-state index in [0.29, 0.717) is 23.1 Å². The summed E-state index contributed by atoms with van der Waals surface area (Å²) in [6.45, 7) is 1.79. The van der Waals surface area contributed by atoms with Gasteiger partial charge in [-0.25, -0.2) is 4.39 Å². The second-order valence-corrected chi connectivity index (χ2v) is 4.81. The third-order valence-electron chi connectivity index (χ3n) is 3.00. The number of nitrogens with zero attached hydrogens (tertiary/aromatic N) is 2. The van der Waals surface area contributed by atoms with Gasteiger partial charge in [0.25, 0.3) is 0 Å². The van der Waals surface area contributed by atoms with E-state index in [0.717, 1.165) is 10.6 Å². The van der Waals surface area contributed by atoms with Crippen LogP contribution in [0, 0.1) is 12.7 Å². The van der Waals surface area contributed by atoms with E-state index in [1.165, 1.54) is 37.8 Å². The van der Waals surface area contributed by atoms with E-state index in [9.17, 15) is 9.18 Å². The molecule has 22 heavy (non-hydrogen) atoms. The predicted molar refractivity (Wildman–Crippen MR) is 82.6 cm³/mol. The number of nitrogens with one attached hydrogen (secondary N) is 1. The highest BCUT2D eigenvalue weighted by Crippen LogP contribution is 2.24. The fraction of sp³-hybridized carbons (Fsp3) is 0.125. The smallest absolute Gasteiger partial charge is 0.152 e. The second-order valence-electron chi connectivity index (χ2n) is 4.81. The molecule has 1 heterocycles. The second kappa shape index (κ2) is 6.82. The van der Waals surface area contributed by atoms with Crippen LogP contribution in [0.15, 0.2) is 36.8 Å². The molecule has 0 aliphatic heterocycles. The van der Waals surface area contributed by atoms with Gasteiger partial charge in [-0.1, -0.05) is 6.07 Å². The highest BCUT2D eigenvalue weighted by Gasteiger charge is 2.09. The molecule has 0 saturated carbocycles. The number of hydrogen-bond donors (Lipinski definition) is 2. The Morgan fingerprint density at radius 3 is 2.73 bits per heavy atom. The molecular weight excluding hydrogens is 285 g/mol. The number of aromatic nitrogens is 1. The Labute approximate surface area is 127 Å². The molecule has 0 atom stereocenters. The molecule has 2 N–H and O–H groups in total. The number of halogens is 1. The first-order valence-electron chi connectivity index (χ1n) is 6.57. The van der Waals surface area contributed by atoms with Crippen molar-refractivity contribution in [1.29, 1.82) is 0 Å². The largest absolute Gasteiger partial charge is 0.351 e. The van der Waals surface area contributed by atoms with Gasteiger partial charge in [-0.15, -0.1) is 0 Å². The number of rotatable bonds is 5. The SMILES string of the molecule is Cc1ccc(Nc2cncc(/C=C\N(C)O)c2C=O)c(F)c1. The molecule has 114 valence electrons. The van der Waals surface area contributed by atoms with E-state index in [4.69, 9.17) is 5.21 Å². The van der Waals surface area contributed by atoms with Crippen molar-refractivity contribution in [1.82, 2.24) is 10.0 Å². The number of hydrogen-bond acceptors (Lipinski definition) is 5. The highest BCUT2D eigenvalue weighted by molar-refractivity contribution is 5.90. The molecule has 2 aromatic rings. The molecule has 0 fully saturated rings. The fourth-order valence-corrected chi connectivity index (χ4v) is 1.91. The molecule has 0 spiro atoms. The van der Waals surface area contributed by atoms with Crippen LogP contribution in [0.4, 0.5) is 15.8 Å². The Hall–Kier alpha value is -2.73. The van der Waals surface area contributed by atoms with Gasteiger partial charge >= 0.3 is 0 Å². The monoisotopic (exact) mass is 301 g/mol. The first kappa shape index (κ1) is 15.7. The van der Waals surface area contributed by atoms with Crippen LogP contribution in [0.25, 0.3) is 6.08 Å². The van der Waals surface area contributed by atoms with Crippen LogP contribution < -0.4 is 5.32 Å². The molecule has 0 radical (unpaired) electrons. The number of aldehydes is 1. The molecule has 2 rings (SSSR count). The Morgan fingerprint density at radius 2 is 2.09 bits per heavy atom. The molecule has 0 aliphatic carbocycles. The van der Waals surface area contributed by atoms with Gasteiger partial charge < -0.3 is 5.32 Å². The number of aryl methyl sites for hydroxylation is 1. The minimum absolute atomic E-state index is 0.260. The zero-order valence-electron chi connectivity index (χ0n) is 12.2. The first-order valence-corrected chi connectivity index (χ1v) is 6.57. The van der Waals surface area contributed by atoms with Gasteiger partial charge in [0.1, 0.15) is 5.82 Å². The molecule has 0 unspecified atom stereocenters. The van der Waals surface area contributed by atoms with Gasteiger partial charge in [0.05, 0.1) is 17.6 Å². The number of carbonyl (C=O) groups is 1. The van der Waals surface area contributed by atoms with Crippen molar-refractivity contribution < 1.29 is 14.4 Å². The van der Waals surface area contributed by atoms with Crippen molar-refractivity contribution in [3.63, 3.8) is 0 Å². The van der Waals surface area contributed by atoms with Gasteiger partial charge in [0.15, 0.2) is 6.29 Å². The summed E-state index contributed by atoms with van der Waals surface area (Å²) >= 11 is 0. The predicted octanol–water partition coefficient (Wildman–Crippen LogP) is 3.38. The quantitative estimate of drug-likeness (QED) is 0.654. The van der Waals surface area contributed by atoms with Crippen molar-refractivity contribution >= 4 is 23.7 Å². The third kappa shape index (κ3) is 3.67. The summed E-state index contributed by atoms with van der Waals surface area (Å²) in [5, 5.41) is 12.8. The van der Waals surface area contributed by atoms with Crippen molar-refractivity contribution in [3.05, 3.63) is 59.3 Å². The van der Waals surface area contributed by atoms with Crippen LogP contribution >= 0.6 is 0 Å². The number of anilines is 2. The van der Waals surface area contributed by atoms with E-state index in [1.54, 1.807) is 19.1 Å². The number of pyridine rings is 1. The molecule has 1 aromatic heterocycles. The van der Waals surface area contributed by atoms with E-state index < -0.39 is 5.82 Å². The molecule has 0 saturated heterocycles. The van der Waals surface area contributed by atoms with Crippen LogP contribution in [-0.4, -0.2) is 28.6 Å². The molecule has 1 aromatic carbocycles. The molecule has 0 bridgehead atoms. The maximum absolute atomic E-state index is 13.9. The summed E-state index contributed by atoms with van der Waals surface area (Å²) in [4.78, 5) is 15.4. The normalized spacial score (nSPS) is 10.7. The van der Waals surface area contributed by atoms with E-state index >= 15 is 0 Å².